The molecule has 1 unspecified atom stereocenters. The van der Waals surface area contributed by atoms with Crippen LogP contribution in [-0.4, -0.2) is 52.9 Å². The summed E-state index contributed by atoms with van der Waals surface area (Å²) in [5.41, 5.74) is 0.435. The molecule has 0 aromatic carbocycles. The van der Waals surface area contributed by atoms with Crippen molar-refractivity contribution in [1.82, 2.24) is 14.8 Å². The highest BCUT2D eigenvalue weighted by Gasteiger charge is 2.26. The molecule has 21 heavy (non-hydrogen) atoms. The summed E-state index contributed by atoms with van der Waals surface area (Å²) in [6.45, 7) is 4.58. The quantitative estimate of drug-likeness (QED) is 0.800. The summed E-state index contributed by atoms with van der Waals surface area (Å²) in [7, 11) is 0. The van der Waals surface area contributed by atoms with Crippen LogP contribution < -0.4 is 0 Å². The maximum Gasteiger partial charge on any atom is 0.255 e. The number of hydrogen-bond donors (Lipinski definition) is 0. The van der Waals surface area contributed by atoms with E-state index in [4.69, 9.17) is 28.5 Å². The first-order chi connectivity index (χ1) is 10.1. The Morgan fingerprint density at radius 1 is 1.43 bits per heavy atom. The first-order valence-corrected chi connectivity index (χ1v) is 7.56. The molecule has 1 aliphatic rings. The first kappa shape index (κ1) is 16.0. The van der Waals surface area contributed by atoms with E-state index in [-0.39, 0.29) is 22.1 Å². The highest BCUT2D eigenvalue weighted by atomic mass is 35.5. The van der Waals surface area contributed by atoms with Gasteiger partial charge in [-0.25, -0.2) is 4.98 Å². The number of piperazine rings is 1. The van der Waals surface area contributed by atoms with Gasteiger partial charge in [-0.3, -0.25) is 9.69 Å². The van der Waals surface area contributed by atoms with Gasteiger partial charge in [-0.15, -0.1) is 0 Å². The van der Waals surface area contributed by atoms with E-state index >= 15 is 0 Å². The molecule has 0 N–H and O–H groups in total. The van der Waals surface area contributed by atoms with Crippen molar-refractivity contribution >= 4 is 29.1 Å². The van der Waals surface area contributed by atoms with Crippen LogP contribution in [0.1, 0.15) is 23.7 Å². The molecular formula is C14H16Cl2N4O. The lowest BCUT2D eigenvalue weighted by Gasteiger charge is -2.36. The van der Waals surface area contributed by atoms with E-state index < -0.39 is 0 Å². The zero-order valence-electron chi connectivity index (χ0n) is 11.7. The van der Waals surface area contributed by atoms with Gasteiger partial charge in [0, 0.05) is 32.4 Å². The lowest BCUT2D eigenvalue weighted by molar-refractivity contribution is 0.0604. The molecule has 1 aromatic rings. The van der Waals surface area contributed by atoms with Crippen molar-refractivity contribution in [2.75, 3.05) is 26.2 Å². The molecule has 0 bridgehead atoms. The van der Waals surface area contributed by atoms with Crippen LogP contribution in [0.4, 0.5) is 0 Å². The lowest BCUT2D eigenvalue weighted by atomic mass is 10.1. The Labute approximate surface area is 134 Å². The number of hydrogen-bond acceptors (Lipinski definition) is 4. The van der Waals surface area contributed by atoms with Crippen molar-refractivity contribution in [3.8, 4) is 6.07 Å². The zero-order chi connectivity index (χ0) is 15.4. The predicted molar refractivity (Wildman–Crippen MR) is 81.4 cm³/mol. The summed E-state index contributed by atoms with van der Waals surface area (Å²) in [6, 6.07) is 3.75. The number of aromatic nitrogens is 1. The van der Waals surface area contributed by atoms with Crippen molar-refractivity contribution in [2.24, 2.45) is 0 Å². The largest absolute Gasteiger partial charge is 0.336 e. The molecule has 0 aliphatic carbocycles. The van der Waals surface area contributed by atoms with Gasteiger partial charge in [-0.1, -0.05) is 30.1 Å². The Bertz CT molecular complexity index is 565. The number of carbonyl (C=O) groups excluding carboxylic acids is 1. The molecule has 0 saturated carbocycles. The molecule has 2 rings (SSSR count). The van der Waals surface area contributed by atoms with E-state index in [2.05, 4.69) is 16.0 Å². The number of amides is 1. The second kappa shape index (κ2) is 7.08. The molecule has 1 atom stereocenters. The lowest BCUT2D eigenvalue weighted by Crippen LogP contribution is -2.51. The summed E-state index contributed by atoms with van der Waals surface area (Å²) < 4.78 is 0. The molecule has 2 heterocycles. The third-order valence-electron chi connectivity index (χ3n) is 3.62. The van der Waals surface area contributed by atoms with E-state index in [0.717, 1.165) is 6.42 Å². The minimum Gasteiger partial charge on any atom is -0.336 e. The van der Waals surface area contributed by atoms with Crippen LogP contribution in [0.3, 0.4) is 0 Å². The highest BCUT2D eigenvalue weighted by molar-refractivity contribution is 6.41. The molecule has 1 aliphatic heterocycles. The zero-order valence-corrected chi connectivity index (χ0v) is 13.2. The summed E-state index contributed by atoms with van der Waals surface area (Å²) in [5, 5.41) is 9.55. The van der Waals surface area contributed by atoms with Gasteiger partial charge < -0.3 is 4.90 Å². The molecule has 5 nitrogen and oxygen atoms in total. The molecular weight excluding hydrogens is 311 g/mol. The summed E-state index contributed by atoms with van der Waals surface area (Å²) in [4.78, 5) is 20.1. The van der Waals surface area contributed by atoms with Crippen LogP contribution in [0.15, 0.2) is 12.3 Å². The van der Waals surface area contributed by atoms with Gasteiger partial charge in [-0.2, -0.15) is 5.26 Å². The third kappa shape index (κ3) is 3.65. The fraction of sp³-hybridized carbons (Fsp3) is 0.500. The van der Waals surface area contributed by atoms with Crippen molar-refractivity contribution in [2.45, 2.75) is 19.4 Å². The molecule has 0 spiro atoms. The van der Waals surface area contributed by atoms with Crippen LogP contribution in [0.25, 0.3) is 0 Å². The monoisotopic (exact) mass is 326 g/mol. The minimum absolute atomic E-state index is 0.0751. The summed E-state index contributed by atoms with van der Waals surface area (Å²) in [6.07, 6.45) is 2.23. The fourth-order valence-electron chi connectivity index (χ4n) is 2.39. The van der Waals surface area contributed by atoms with E-state index in [1.807, 2.05) is 6.92 Å². The van der Waals surface area contributed by atoms with E-state index in [9.17, 15) is 4.79 Å². The predicted octanol–water partition coefficient (Wildman–Crippen LogP) is 2.45. The Balaban J connectivity index is 2.00. The summed E-state index contributed by atoms with van der Waals surface area (Å²) >= 11 is 11.6. The van der Waals surface area contributed by atoms with Gasteiger partial charge >= 0.3 is 0 Å². The second-order valence-corrected chi connectivity index (χ2v) is 5.64. The Morgan fingerprint density at radius 3 is 2.62 bits per heavy atom. The Hall–Kier alpha value is -1.35. The summed E-state index contributed by atoms with van der Waals surface area (Å²) in [5.74, 6) is -0.106. The number of halogens is 2. The van der Waals surface area contributed by atoms with E-state index in [1.165, 1.54) is 12.3 Å². The topological polar surface area (TPSA) is 60.2 Å². The van der Waals surface area contributed by atoms with Crippen molar-refractivity contribution < 1.29 is 4.79 Å². The van der Waals surface area contributed by atoms with Crippen molar-refractivity contribution in [3.05, 3.63) is 28.0 Å². The highest BCUT2D eigenvalue weighted by Crippen LogP contribution is 2.21. The smallest absolute Gasteiger partial charge is 0.255 e. The van der Waals surface area contributed by atoms with Gasteiger partial charge in [0.05, 0.1) is 22.7 Å². The normalized spacial score (nSPS) is 17.3. The molecule has 1 fully saturated rings. The average molecular weight is 327 g/mol. The van der Waals surface area contributed by atoms with Crippen LogP contribution in [0.2, 0.25) is 10.2 Å². The number of rotatable bonds is 3. The fourth-order valence-corrected chi connectivity index (χ4v) is 2.66. The van der Waals surface area contributed by atoms with Crippen LogP contribution in [0.5, 0.6) is 0 Å². The minimum atomic E-state index is -0.106. The average Bonchev–Trinajstić information content (AvgIpc) is 2.51. The van der Waals surface area contributed by atoms with Gasteiger partial charge in [-0.05, 0) is 12.5 Å². The van der Waals surface area contributed by atoms with Gasteiger partial charge in [0.2, 0.25) is 0 Å². The number of nitriles is 1. The van der Waals surface area contributed by atoms with Crippen LogP contribution >= 0.6 is 23.2 Å². The van der Waals surface area contributed by atoms with Gasteiger partial charge in [0.15, 0.2) is 0 Å². The van der Waals surface area contributed by atoms with E-state index in [0.29, 0.717) is 31.7 Å². The maximum atomic E-state index is 12.4. The van der Waals surface area contributed by atoms with E-state index in [1.54, 1.807) is 4.90 Å². The van der Waals surface area contributed by atoms with Crippen LogP contribution in [0, 0.1) is 11.3 Å². The molecule has 1 saturated heterocycles. The SMILES string of the molecule is CCC(C#N)N1CCN(C(=O)c2cnc(Cl)c(Cl)c2)CC1. The molecule has 7 heteroatoms. The molecule has 1 aromatic heterocycles. The van der Waals surface area contributed by atoms with Gasteiger partial charge in [0.1, 0.15) is 5.15 Å². The second-order valence-electron chi connectivity index (χ2n) is 4.88. The molecule has 112 valence electrons. The van der Waals surface area contributed by atoms with Crippen molar-refractivity contribution in [1.29, 1.82) is 5.26 Å². The molecule has 1 amide bonds. The van der Waals surface area contributed by atoms with Crippen molar-refractivity contribution in [3.63, 3.8) is 0 Å². The Kier molecular flexibility index (Phi) is 5.40. The molecule has 0 radical (unpaired) electrons. The number of pyridine rings is 1. The van der Waals surface area contributed by atoms with Crippen LogP contribution in [-0.2, 0) is 0 Å². The standard InChI is InChI=1S/C14H16Cl2N4O/c1-2-11(8-17)19-3-5-20(6-4-19)14(21)10-7-12(15)13(16)18-9-10/h7,9,11H,2-6H2,1H3. The number of carbonyl (C=O) groups is 1. The Morgan fingerprint density at radius 2 is 2.10 bits per heavy atom. The van der Waals surface area contributed by atoms with Gasteiger partial charge in [0.25, 0.3) is 5.91 Å². The number of nitrogens with zero attached hydrogens (tertiary/aromatic N) is 4. The maximum absolute atomic E-state index is 12.4. The third-order valence-corrected chi connectivity index (χ3v) is 4.31. The first-order valence-electron chi connectivity index (χ1n) is 6.80.